The van der Waals surface area contributed by atoms with Crippen molar-refractivity contribution in [1.82, 2.24) is 4.72 Å². The monoisotopic (exact) mass is 326 g/mol. The highest BCUT2D eigenvalue weighted by Crippen LogP contribution is 2.17. The molecule has 0 aliphatic heterocycles. The molecule has 0 aliphatic rings. The minimum absolute atomic E-state index is 0.250. The van der Waals surface area contributed by atoms with Crippen LogP contribution in [0.1, 0.15) is 18.1 Å². The lowest BCUT2D eigenvalue weighted by Gasteiger charge is -2.13. The zero-order valence-electron chi connectivity index (χ0n) is 12.6. The van der Waals surface area contributed by atoms with E-state index in [1.165, 1.54) is 0 Å². The second-order valence-electron chi connectivity index (χ2n) is 4.90. The van der Waals surface area contributed by atoms with Crippen LogP contribution in [0, 0.1) is 24.7 Å². The Kier molecular flexibility index (Phi) is 7.26. The van der Waals surface area contributed by atoms with Crippen LogP contribution in [0.4, 0.5) is 0 Å². The molecule has 1 unspecified atom stereocenters. The first kappa shape index (κ1) is 18.1. The van der Waals surface area contributed by atoms with Crippen LogP contribution in [0.5, 0.6) is 0 Å². The quantitative estimate of drug-likeness (QED) is 0.779. The molecule has 0 spiro atoms. The third-order valence-corrected chi connectivity index (χ3v) is 5.35. The normalized spacial score (nSPS) is 12.6. The molecular weight excluding hydrogens is 304 g/mol. The summed E-state index contributed by atoms with van der Waals surface area (Å²) in [6.45, 7) is 4.48. The topological polar surface area (TPSA) is 72.2 Å². The number of aryl methyl sites for hydroxylation is 1. The Labute approximate surface area is 131 Å². The summed E-state index contributed by atoms with van der Waals surface area (Å²) in [5.41, 5.74) is 6.70. The second-order valence-corrected chi connectivity index (χ2v) is 7.54. The fourth-order valence-electron chi connectivity index (χ4n) is 1.79. The fourth-order valence-corrected chi connectivity index (χ4v) is 3.91. The molecule has 116 valence electrons. The Hall–Kier alpha value is -1.00. The van der Waals surface area contributed by atoms with Crippen molar-refractivity contribution in [3.63, 3.8) is 0 Å². The van der Waals surface area contributed by atoms with Crippen molar-refractivity contribution < 1.29 is 8.42 Å². The van der Waals surface area contributed by atoms with E-state index in [9.17, 15) is 8.42 Å². The van der Waals surface area contributed by atoms with E-state index in [0.717, 1.165) is 5.75 Å². The first-order valence-electron chi connectivity index (χ1n) is 6.69. The summed E-state index contributed by atoms with van der Waals surface area (Å²) in [4.78, 5) is 0.280. The van der Waals surface area contributed by atoms with Gasteiger partial charge in [-0.05, 0) is 42.5 Å². The Bertz CT molecular complexity index is 631. The smallest absolute Gasteiger partial charge is 0.240 e. The molecule has 0 radical (unpaired) electrons. The molecule has 4 nitrogen and oxygen atoms in total. The van der Waals surface area contributed by atoms with Crippen molar-refractivity contribution >= 4 is 21.8 Å². The van der Waals surface area contributed by atoms with Crippen LogP contribution in [0.15, 0.2) is 23.1 Å². The SMILES string of the molecule is CSCC(C)CNS(=O)(=O)c1cc(C#CCN)ccc1C. The van der Waals surface area contributed by atoms with E-state index in [-0.39, 0.29) is 17.4 Å². The number of thioether (sulfide) groups is 1. The van der Waals surface area contributed by atoms with Crippen LogP contribution >= 0.6 is 11.8 Å². The number of nitrogens with one attached hydrogen (secondary N) is 1. The number of hydrogen-bond acceptors (Lipinski definition) is 4. The molecule has 0 amide bonds. The van der Waals surface area contributed by atoms with Gasteiger partial charge in [0.2, 0.25) is 10.0 Å². The lowest BCUT2D eigenvalue weighted by molar-refractivity contribution is 0.562. The van der Waals surface area contributed by atoms with Gasteiger partial charge in [0.25, 0.3) is 0 Å². The molecule has 3 N–H and O–H groups in total. The Morgan fingerprint density at radius 3 is 2.76 bits per heavy atom. The lowest BCUT2D eigenvalue weighted by atomic mass is 10.1. The van der Waals surface area contributed by atoms with Crippen molar-refractivity contribution in [2.24, 2.45) is 11.7 Å². The Balaban J connectivity index is 2.96. The number of hydrogen-bond donors (Lipinski definition) is 2. The summed E-state index contributed by atoms with van der Waals surface area (Å²) in [5, 5.41) is 0. The minimum atomic E-state index is -3.51. The predicted molar refractivity (Wildman–Crippen MR) is 89.8 cm³/mol. The maximum absolute atomic E-state index is 12.4. The first-order chi connectivity index (χ1) is 9.90. The maximum Gasteiger partial charge on any atom is 0.240 e. The zero-order valence-corrected chi connectivity index (χ0v) is 14.3. The highest BCUT2D eigenvalue weighted by molar-refractivity contribution is 7.98. The van der Waals surface area contributed by atoms with E-state index >= 15 is 0 Å². The minimum Gasteiger partial charge on any atom is -0.320 e. The molecule has 0 aromatic heterocycles. The highest BCUT2D eigenvalue weighted by Gasteiger charge is 2.17. The molecule has 0 aliphatic carbocycles. The van der Waals surface area contributed by atoms with Gasteiger partial charge in [0.1, 0.15) is 0 Å². The molecule has 0 bridgehead atoms. The molecular formula is C15H22N2O2S2. The van der Waals surface area contributed by atoms with Gasteiger partial charge in [-0.15, -0.1) is 0 Å². The van der Waals surface area contributed by atoms with Gasteiger partial charge >= 0.3 is 0 Å². The van der Waals surface area contributed by atoms with Gasteiger partial charge in [0, 0.05) is 12.1 Å². The van der Waals surface area contributed by atoms with E-state index < -0.39 is 10.0 Å². The number of nitrogens with two attached hydrogens (primary N) is 1. The van der Waals surface area contributed by atoms with Gasteiger partial charge in [0.05, 0.1) is 11.4 Å². The van der Waals surface area contributed by atoms with Gasteiger partial charge in [-0.3, -0.25) is 0 Å². The average molecular weight is 326 g/mol. The molecule has 0 heterocycles. The van der Waals surface area contributed by atoms with E-state index in [1.807, 2.05) is 13.2 Å². The summed E-state index contributed by atoms with van der Waals surface area (Å²) >= 11 is 1.71. The molecule has 1 aromatic rings. The van der Waals surface area contributed by atoms with Crippen LogP contribution in [-0.2, 0) is 10.0 Å². The van der Waals surface area contributed by atoms with Gasteiger partial charge in [-0.25, -0.2) is 13.1 Å². The average Bonchev–Trinajstić information content (AvgIpc) is 2.44. The molecule has 0 fully saturated rings. The van der Waals surface area contributed by atoms with E-state index in [1.54, 1.807) is 36.9 Å². The Morgan fingerprint density at radius 2 is 2.14 bits per heavy atom. The molecule has 1 aromatic carbocycles. The molecule has 21 heavy (non-hydrogen) atoms. The van der Waals surface area contributed by atoms with Crippen molar-refractivity contribution in [1.29, 1.82) is 0 Å². The molecule has 1 rings (SSSR count). The van der Waals surface area contributed by atoms with Gasteiger partial charge in [-0.2, -0.15) is 11.8 Å². The summed E-state index contributed by atoms with van der Waals surface area (Å²) < 4.78 is 27.5. The standard InChI is InChI=1S/C15H22N2O2S2/c1-12(11-20-3)10-17-21(18,19)15-9-14(5-4-8-16)7-6-13(15)2/h6-7,9,12,17H,8,10-11,16H2,1-3H3. The summed E-state index contributed by atoms with van der Waals surface area (Å²) in [6, 6.07) is 5.16. The van der Waals surface area contributed by atoms with E-state index in [4.69, 9.17) is 5.73 Å². The largest absolute Gasteiger partial charge is 0.320 e. The van der Waals surface area contributed by atoms with Crippen LogP contribution in [0.25, 0.3) is 0 Å². The zero-order chi connectivity index (χ0) is 15.9. The summed E-state index contributed by atoms with van der Waals surface area (Å²) in [7, 11) is -3.51. The molecule has 0 saturated heterocycles. The van der Waals surface area contributed by atoms with Crippen LogP contribution < -0.4 is 10.5 Å². The van der Waals surface area contributed by atoms with E-state index in [2.05, 4.69) is 16.6 Å². The van der Waals surface area contributed by atoms with Crippen LogP contribution in [-0.4, -0.2) is 33.5 Å². The predicted octanol–water partition coefficient (Wildman–Crippen LogP) is 1.58. The van der Waals surface area contributed by atoms with Crippen molar-refractivity contribution in [3.8, 4) is 11.8 Å². The summed E-state index contributed by atoms with van der Waals surface area (Å²) in [6.07, 6.45) is 2.01. The summed E-state index contributed by atoms with van der Waals surface area (Å²) in [5.74, 6) is 6.80. The van der Waals surface area contributed by atoms with Crippen LogP contribution in [0.2, 0.25) is 0 Å². The maximum atomic E-state index is 12.4. The van der Waals surface area contributed by atoms with Gasteiger partial charge in [0.15, 0.2) is 0 Å². The molecule has 6 heteroatoms. The lowest BCUT2D eigenvalue weighted by Crippen LogP contribution is -2.29. The van der Waals surface area contributed by atoms with Crippen molar-refractivity contribution in [2.45, 2.75) is 18.7 Å². The van der Waals surface area contributed by atoms with Crippen LogP contribution in [0.3, 0.4) is 0 Å². The number of sulfonamides is 1. The Morgan fingerprint density at radius 1 is 1.43 bits per heavy atom. The third-order valence-electron chi connectivity index (χ3n) is 2.89. The van der Waals surface area contributed by atoms with Gasteiger partial charge in [-0.1, -0.05) is 24.8 Å². The van der Waals surface area contributed by atoms with Crippen molar-refractivity contribution in [2.75, 3.05) is 25.1 Å². The second kappa shape index (κ2) is 8.44. The molecule has 1 atom stereocenters. The first-order valence-corrected chi connectivity index (χ1v) is 9.56. The highest BCUT2D eigenvalue weighted by atomic mass is 32.2. The third kappa shape index (κ3) is 5.71. The van der Waals surface area contributed by atoms with E-state index in [0.29, 0.717) is 17.7 Å². The number of rotatable bonds is 6. The molecule has 0 saturated carbocycles. The number of benzene rings is 1. The van der Waals surface area contributed by atoms with Crippen molar-refractivity contribution in [3.05, 3.63) is 29.3 Å². The fraction of sp³-hybridized carbons (Fsp3) is 0.467. The van der Waals surface area contributed by atoms with Gasteiger partial charge < -0.3 is 5.73 Å².